The van der Waals surface area contributed by atoms with E-state index in [2.05, 4.69) is 5.32 Å². The van der Waals surface area contributed by atoms with E-state index in [1.807, 2.05) is 11.0 Å². The van der Waals surface area contributed by atoms with Crippen molar-refractivity contribution in [2.75, 3.05) is 44.6 Å². The molecule has 0 bridgehead atoms. The van der Waals surface area contributed by atoms with Gasteiger partial charge in [-0.3, -0.25) is 9.10 Å². The molecule has 1 heterocycles. The third kappa shape index (κ3) is 6.83. The fourth-order valence-corrected chi connectivity index (χ4v) is 6.19. The number of carbonyl (C=O) groups excluding carboxylic acids is 1. The van der Waals surface area contributed by atoms with Crippen molar-refractivity contribution >= 4 is 21.6 Å². The molecule has 0 radical (unpaired) electrons. The van der Waals surface area contributed by atoms with Gasteiger partial charge in [0.25, 0.3) is 10.0 Å². The van der Waals surface area contributed by atoms with Gasteiger partial charge in [0.2, 0.25) is 5.91 Å². The van der Waals surface area contributed by atoms with Crippen molar-refractivity contribution in [2.24, 2.45) is 0 Å². The standard InChI is InChI=1S/C29H33F3N4O3S/c1-34(2)17-18-35(20-23-9-6-7-13-26(23)29(30,31)32)28(37)21-36(40(38,39)24-11-4-3-5-12-24)27-14-8-10-22-15-16-33-19-25(22)27/h3-14,33H,15-21H2,1-2H3. The van der Waals surface area contributed by atoms with Gasteiger partial charge in [0, 0.05) is 26.2 Å². The second-order valence-electron chi connectivity index (χ2n) is 9.94. The number of sulfonamides is 1. The van der Waals surface area contributed by atoms with E-state index < -0.39 is 34.2 Å². The molecule has 214 valence electrons. The van der Waals surface area contributed by atoms with Gasteiger partial charge in [-0.2, -0.15) is 13.2 Å². The summed E-state index contributed by atoms with van der Waals surface area (Å²) >= 11 is 0. The summed E-state index contributed by atoms with van der Waals surface area (Å²) in [5.74, 6) is -0.597. The first kappa shape index (κ1) is 29.6. The number of nitrogens with one attached hydrogen (secondary N) is 1. The number of likely N-dealkylation sites (N-methyl/N-ethyl adjacent to an activating group) is 1. The minimum atomic E-state index is -4.59. The lowest BCUT2D eigenvalue weighted by atomic mass is 9.99. The molecule has 1 aliphatic rings. The zero-order valence-electron chi connectivity index (χ0n) is 22.5. The molecule has 0 fully saturated rings. The van der Waals surface area contributed by atoms with Crippen molar-refractivity contribution < 1.29 is 26.4 Å². The van der Waals surface area contributed by atoms with Crippen LogP contribution in [0.5, 0.6) is 0 Å². The molecule has 7 nitrogen and oxygen atoms in total. The van der Waals surface area contributed by atoms with Crippen LogP contribution in [0.4, 0.5) is 18.9 Å². The van der Waals surface area contributed by atoms with Crippen LogP contribution in [-0.2, 0) is 40.5 Å². The first-order chi connectivity index (χ1) is 19.0. The summed E-state index contributed by atoms with van der Waals surface area (Å²) in [5, 5.41) is 3.26. The number of nitrogens with zero attached hydrogens (tertiary/aromatic N) is 3. The third-order valence-electron chi connectivity index (χ3n) is 6.85. The zero-order chi connectivity index (χ0) is 28.9. The van der Waals surface area contributed by atoms with E-state index in [-0.39, 0.29) is 23.5 Å². The number of carbonyl (C=O) groups is 1. The van der Waals surface area contributed by atoms with Crippen LogP contribution < -0.4 is 9.62 Å². The van der Waals surface area contributed by atoms with Crippen molar-refractivity contribution in [3.8, 4) is 0 Å². The van der Waals surface area contributed by atoms with Crippen molar-refractivity contribution in [2.45, 2.75) is 30.6 Å². The van der Waals surface area contributed by atoms with Crippen LogP contribution in [0.3, 0.4) is 0 Å². The van der Waals surface area contributed by atoms with Gasteiger partial charge >= 0.3 is 6.18 Å². The highest BCUT2D eigenvalue weighted by atomic mass is 32.2. The number of benzene rings is 3. The molecule has 40 heavy (non-hydrogen) atoms. The number of rotatable bonds is 10. The van der Waals surface area contributed by atoms with Gasteiger partial charge < -0.3 is 15.1 Å². The van der Waals surface area contributed by atoms with Crippen molar-refractivity contribution in [3.63, 3.8) is 0 Å². The van der Waals surface area contributed by atoms with Crippen LogP contribution >= 0.6 is 0 Å². The zero-order valence-corrected chi connectivity index (χ0v) is 23.3. The smallest absolute Gasteiger partial charge is 0.335 e. The Labute approximate surface area is 233 Å². The largest absolute Gasteiger partial charge is 0.416 e. The fourth-order valence-electron chi connectivity index (χ4n) is 4.72. The number of amides is 1. The summed E-state index contributed by atoms with van der Waals surface area (Å²) < 4.78 is 70.3. The van der Waals surface area contributed by atoms with E-state index in [9.17, 15) is 26.4 Å². The summed E-state index contributed by atoms with van der Waals surface area (Å²) in [6.07, 6.45) is -3.88. The van der Waals surface area contributed by atoms with E-state index in [4.69, 9.17) is 0 Å². The minimum absolute atomic E-state index is 0.0198. The van der Waals surface area contributed by atoms with E-state index in [0.717, 1.165) is 28.0 Å². The van der Waals surface area contributed by atoms with Crippen LogP contribution in [-0.4, -0.2) is 64.4 Å². The molecule has 0 aliphatic carbocycles. The lowest BCUT2D eigenvalue weighted by molar-refractivity contribution is -0.139. The maximum Gasteiger partial charge on any atom is 0.416 e. The molecule has 1 aliphatic heterocycles. The quantitative estimate of drug-likeness (QED) is 0.394. The monoisotopic (exact) mass is 574 g/mol. The fraction of sp³-hybridized carbons (Fsp3) is 0.345. The van der Waals surface area contributed by atoms with Crippen molar-refractivity contribution in [1.29, 1.82) is 0 Å². The number of hydrogen-bond donors (Lipinski definition) is 1. The Kier molecular flexibility index (Phi) is 9.17. The Bertz CT molecular complexity index is 1430. The van der Waals surface area contributed by atoms with Gasteiger partial charge in [-0.15, -0.1) is 0 Å². The van der Waals surface area contributed by atoms with Gasteiger partial charge in [0.1, 0.15) is 6.54 Å². The first-order valence-electron chi connectivity index (χ1n) is 13.0. The SMILES string of the molecule is CN(C)CCN(Cc1ccccc1C(F)(F)F)C(=O)CN(c1cccc2c1CNCC2)S(=O)(=O)c1ccccc1. The van der Waals surface area contributed by atoms with E-state index >= 15 is 0 Å². The van der Waals surface area contributed by atoms with E-state index in [1.165, 1.54) is 35.2 Å². The highest BCUT2D eigenvalue weighted by Gasteiger charge is 2.35. The summed E-state index contributed by atoms with van der Waals surface area (Å²) in [5.41, 5.74) is 1.27. The van der Waals surface area contributed by atoms with Gasteiger partial charge in [0.15, 0.2) is 0 Å². The number of fused-ring (bicyclic) bond motifs is 1. The first-order valence-corrected chi connectivity index (χ1v) is 14.4. The maximum absolute atomic E-state index is 14.0. The predicted octanol–water partition coefficient (Wildman–Crippen LogP) is 4.14. The highest BCUT2D eigenvalue weighted by Crippen LogP contribution is 2.33. The Morgan fingerprint density at radius 3 is 2.33 bits per heavy atom. The topological polar surface area (TPSA) is 73.0 Å². The molecule has 0 atom stereocenters. The van der Waals surface area contributed by atoms with Gasteiger partial charge in [-0.25, -0.2) is 8.42 Å². The molecular formula is C29H33F3N4O3S. The maximum atomic E-state index is 14.0. The second kappa shape index (κ2) is 12.4. The second-order valence-corrected chi connectivity index (χ2v) is 11.8. The molecule has 0 unspecified atom stereocenters. The summed E-state index contributed by atoms with van der Waals surface area (Å²) in [7, 11) is -0.597. The Morgan fingerprint density at radius 1 is 0.925 bits per heavy atom. The number of anilines is 1. The summed E-state index contributed by atoms with van der Waals surface area (Å²) in [4.78, 5) is 17.0. The molecule has 3 aromatic carbocycles. The van der Waals surface area contributed by atoms with Gasteiger partial charge in [0.05, 0.1) is 16.1 Å². The molecule has 11 heteroatoms. The molecular weight excluding hydrogens is 541 g/mol. The van der Waals surface area contributed by atoms with E-state index in [0.29, 0.717) is 25.2 Å². The van der Waals surface area contributed by atoms with Crippen molar-refractivity contribution in [1.82, 2.24) is 15.1 Å². The average Bonchev–Trinajstić information content (AvgIpc) is 2.93. The Hall–Kier alpha value is -3.41. The Balaban J connectivity index is 1.74. The van der Waals surface area contributed by atoms with E-state index in [1.54, 1.807) is 44.4 Å². The lowest BCUT2D eigenvalue weighted by Gasteiger charge is -2.32. The number of alkyl halides is 3. The molecule has 3 aromatic rings. The van der Waals surface area contributed by atoms with Crippen LogP contribution in [0.1, 0.15) is 22.3 Å². The van der Waals surface area contributed by atoms with Crippen molar-refractivity contribution in [3.05, 3.63) is 95.1 Å². The van der Waals surface area contributed by atoms with Gasteiger partial charge in [-0.05, 0) is 68.0 Å². The predicted molar refractivity (Wildman–Crippen MR) is 148 cm³/mol. The molecule has 0 saturated heterocycles. The average molecular weight is 575 g/mol. The molecule has 0 spiro atoms. The van der Waals surface area contributed by atoms with Crippen LogP contribution in [0, 0.1) is 0 Å². The minimum Gasteiger partial charge on any atom is -0.335 e. The van der Waals surface area contributed by atoms with Crippen LogP contribution in [0.15, 0.2) is 77.7 Å². The molecule has 0 aromatic heterocycles. The Morgan fingerprint density at radius 2 is 1.62 bits per heavy atom. The molecule has 0 saturated carbocycles. The molecule has 1 amide bonds. The molecule has 1 N–H and O–H groups in total. The van der Waals surface area contributed by atoms with Crippen LogP contribution in [0.25, 0.3) is 0 Å². The van der Waals surface area contributed by atoms with Crippen LogP contribution in [0.2, 0.25) is 0 Å². The lowest BCUT2D eigenvalue weighted by Crippen LogP contribution is -2.45. The normalized spacial score (nSPS) is 13.7. The third-order valence-corrected chi connectivity index (χ3v) is 8.63. The molecule has 4 rings (SSSR count). The summed E-state index contributed by atoms with van der Waals surface area (Å²) in [6, 6.07) is 18.3. The number of hydrogen-bond acceptors (Lipinski definition) is 5. The number of halogens is 3. The highest BCUT2D eigenvalue weighted by molar-refractivity contribution is 7.92. The van der Waals surface area contributed by atoms with Gasteiger partial charge in [-0.1, -0.05) is 48.5 Å². The summed E-state index contributed by atoms with van der Waals surface area (Å²) in [6.45, 7) is 0.814.